The topological polar surface area (TPSA) is 29.5 Å². The van der Waals surface area contributed by atoms with Crippen molar-refractivity contribution in [1.29, 1.82) is 0 Å². The summed E-state index contributed by atoms with van der Waals surface area (Å²) in [7, 11) is 1.62. The first kappa shape index (κ1) is 12.4. The van der Waals surface area contributed by atoms with Gasteiger partial charge in [0, 0.05) is 0 Å². The highest BCUT2D eigenvalue weighted by Gasteiger charge is 2.12. The minimum atomic E-state index is -0.696. The van der Waals surface area contributed by atoms with Crippen LogP contribution in [0.15, 0.2) is 61.2 Å². The third-order valence-corrected chi connectivity index (χ3v) is 2.91. The van der Waals surface area contributed by atoms with Crippen molar-refractivity contribution < 1.29 is 9.84 Å². The average molecular weight is 240 g/mol. The SMILES string of the molecule is C=C(c1ccccc1)C(O)c1ccc(OC)cc1. The van der Waals surface area contributed by atoms with Gasteiger partial charge in [-0.05, 0) is 28.8 Å². The number of ether oxygens (including phenoxy) is 1. The van der Waals surface area contributed by atoms with Crippen molar-refractivity contribution >= 4 is 5.57 Å². The smallest absolute Gasteiger partial charge is 0.118 e. The number of hydrogen-bond acceptors (Lipinski definition) is 2. The molecule has 2 rings (SSSR count). The van der Waals surface area contributed by atoms with Crippen LogP contribution in [0.4, 0.5) is 0 Å². The first-order valence-corrected chi connectivity index (χ1v) is 5.78. The summed E-state index contributed by atoms with van der Waals surface area (Å²) < 4.78 is 5.09. The van der Waals surface area contributed by atoms with Crippen LogP contribution < -0.4 is 4.74 Å². The molecular weight excluding hydrogens is 224 g/mol. The van der Waals surface area contributed by atoms with E-state index in [9.17, 15) is 5.11 Å². The molecule has 0 aliphatic heterocycles. The van der Waals surface area contributed by atoms with Gasteiger partial charge in [-0.2, -0.15) is 0 Å². The van der Waals surface area contributed by atoms with Crippen LogP contribution in [-0.2, 0) is 0 Å². The van der Waals surface area contributed by atoms with Crippen LogP contribution in [0.2, 0.25) is 0 Å². The van der Waals surface area contributed by atoms with Gasteiger partial charge in [0.2, 0.25) is 0 Å². The molecule has 0 saturated heterocycles. The van der Waals surface area contributed by atoms with E-state index in [0.29, 0.717) is 5.57 Å². The average Bonchev–Trinajstić information content (AvgIpc) is 2.47. The van der Waals surface area contributed by atoms with E-state index in [1.807, 2.05) is 54.6 Å². The molecule has 1 atom stereocenters. The number of methoxy groups -OCH3 is 1. The Morgan fingerprint density at radius 1 is 1.06 bits per heavy atom. The Morgan fingerprint density at radius 3 is 2.22 bits per heavy atom. The van der Waals surface area contributed by atoms with Gasteiger partial charge in [-0.1, -0.05) is 49.0 Å². The highest BCUT2D eigenvalue weighted by atomic mass is 16.5. The van der Waals surface area contributed by atoms with Crippen LogP contribution in [0.25, 0.3) is 5.57 Å². The molecule has 2 heteroatoms. The number of benzene rings is 2. The fourth-order valence-electron chi connectivity index (χ4n) is 1.80. The summed E-state index contributed by atoms with van der Waals surface area (Å²) in [5, 5.41) is 10.3. The van der Waals surface area contributed by atoms with Crippen LogP contribution in [-0.4, -0.2) is 12.2 Å². The molecule has 0 fully saturated rings. The Bertz CT molecular complexity index is 515. The van der Waals surface area contributed by atoms with Crippen LogP contribution >= 0.6 is 0 Å². The number of rotatable bonds is 4. The lowest BCUT2D eigenvalue weighted by Gasteiger charge is -2.14. The van der Waals surface area contributed by atoms with Gasteiger partial charge in [0.05, 0.1) is 7.11 Å². The first-order chi connectivity index (χ1) is 8.72. The summed E-state index contributed by atoms with van der Waals surface area (Å²) in [6, 6.07) is 17.0. The largest absolute Gasteiger partial charge is 0.497 e. The maximum absolute atomic E-state index is 10.3. The van der Waals surface area contributed by atoms with Gasteiger partial charge in [0.25, 0.3) is 0 Å². The maximum Gasteiger partial charge on any atom is 0.118 e. The summed E-state index contributed by atoms with van der Waals surface area (Å²) in [4.78, 5) is 0. The van der Waals surface area contributed by atoms with Crippen molar-refractivity contribution in [2.45, 2.75) is 6.10 Å². The zero-order chi connectivity index (χ0) is 13.0. The molecule has 0 aromatic heterocycles. The molecule has 1 N–H and O–H groups in total. The molecule has 0 saturated carbocycles. The van der Waals surface area contributed by atoms with E-state index < -0.39 is 6.10 Å². The van der Waals surface area contributed by atoms with E-state index in [1.165, 1.54) is 0 Å². The Hall–Kier alpha value is -2.06. The third kappa shape index (κ3) is 2.60. The molecule has 0 bridgehead atoms. The molecule has 92 valence electrons. The number of aliphatic hydroxyl groups excluding tert-OH is 1. The monoisotopic (exact) mass is 240 g/mol. The second kappa shape index (κ2) is 5.52. The maximum atomic E-state index is 10.3. The van der Waals surface area contributed by atoms with Crippen molar-refractivity contribution in [1.82, 2.24) is 0 Å². The predicted octanol–water partition coefficient (Wildman–Crippen LogP) is 3.44. The lowest BCUT2D eigenvalue weighted by atomic mass is 9.97. The fraction of sp³-hybridized carbons (Fsp3) is 0.125. The van der Waals surface area contributed by atoms with Gasteiger partial charge < -0.3 is 9.84 Å². The standard InChI is InChI=1S/C16H16O2/c1-12(13-6-4-3-5-7-13)16(17)14-8-10-15(18-2)11-9-14/h3-11,16-17H,1H2,2H3. The van der Waals surface area contributed by atoms with E-state index in [4.69, 9.17) is 4.74 Å². The van der Waals surface area contributed by atoms with Gasteiger partial charge in [0.1, 0.15) is 11.9 Å². The minimum absolute atomic E-state index is 0.695. The summed E-state index contributed by atoms with van der Waals surface area (Å²) >= 11 is 0. The molecular formula is C16H16O2. The highest BCUT2D eigenvalue weighted by Crippen LogP contribution is 2.29. The molecule has 2 aromatic carbocycles. The summed E-state index contributed by atoms with van der Waals surface area (Å²) in [5.74, 6) is 0.774. The predicted molar refractivity (Wildman–Crippen MR) is 73.4 cm³/mol. The van der Waals surface area contributed by atoms with Crippen LogP contribution in [0.5, 0.6) is 5.75 Å². The molecule has 0 amide bonds. The highest BCUT2D eigenvalue weighted by molar-refractivity contribution is 5.68. The zero-order valence-electron chi connectivity index (χ0n) is 10.3. The van der Waals surface area contributed by atoms with Gasteiger partial charge in [0.15, 0.2) is 0 Å². The van der Waals surface area contributed by atoms with E-state index in [2.05, 4.69) is 6.58 Å². The molecule has 1 unspecified atom stereocenters. The molecule has 0 spiro atoms. The van der Waals surface area contributed by atoms with Gasteiger partial charge in [-0.25, -0.2) is 0 Å². The van der Waals surface area contributed by atoms with E-state index in [1.54, 1.807) is 7.11 Å². The minimum Gasteiger partial charge on any atom is -0.497 e. The lowest BCUT2D eigenvalue weighted by Crippen LogP contribution is -2.00. The molecule has 0 aliphatic carbocycles. The van der Waals surface area contributed by atoms with Gasteiger partial charge >= 0.3 is 0 Å². The molecule has 2 nitrogen and oxygen atoms in total. The second-order valence-corrected chi connectivity index (χ2v) is 4.07. The number of aliphatic hydroxyl groups is 1. The van der Waals surface area contributed by atoms with Crippen molar-refractivity contribution in [2.75, 3.05) is 7.11 Å². The fourth-order valence-corrected chi connectivity index (χ4v) is 1.80. The Labute approximate surface area is 107 Å². The van der Waals surface area contributed by atoms with Crippen molar-refractivity contribution in [3.05, 3.63) is 72.3 Å². The van der Waals surface area contributed by atoms with Crippen molar-refractivity contribution in [3.63, 3.8) is 0 Å². The lowest BCUT2D eigenvalue weighted by molar-refractivity contribution is 0.238. The summed E-state index contributed by atoms with van der Waals surface area (Å²) in [5.41, 5.74) is 2.45. The van der Waals surface area contributed by atoms with E-state index >= 15 is 0 Å². The molecule has 2 aromatic rings. The first-order valence-electron chi connectivity index (χ1n) is 5.78. The zero-order valence-corrected chi connectivity index (χ0v) is 10.3. The van der Waals surface area contributed by atoms with E-state index in [0.717, 1.165) is 16.9 Å². The van der Waals surface area contributed by atoms with Crippen LogP contribution in [0.3, 0.4) is 0 Å². The van der Waals surface area contributed by atoms with Crippen molar-refractivity contribution in [2.24, 2.45) is 0 Å². The Kier molecular flexibility index (Phi) is 3.80. The van der Waals surface area contributed by atoms with Gasteiger partial charge in [-0.3, -0.25) is 0 Å². The molecule has 0 radical (unpaired) electrons. The van der Waals surface area contributed by atoms with E-state index in [-0.39, 0.29) is 0 Å². The Morgan fingerprint density at radius 2 is 1.67 bits per heavy atom. The molecule has 0 heterocycles. The molecule has 0 aliphatic rings. The van der Waals surface area contributed by atoms with Crippen LogP contribution in [0.1, 0.15) is 17.2 Å². The molecule has 18 heavy (non-hydrogen) atoms. The summed E-state index contributed by atoms with van der Waals surface area (Å²) in [6.45, 7) is 3.96. The quantitative estimate of drug-likeness (QED) is 0.887. The number of hydrogen-bond donors (Lipinski definition) is 1. The van der Waals surface area contributed by atoms with Crippen LogP contribution in [0, 0.1) is 0 Å². The van der Waals surface area contributed by atoms with Crippen molar-refractivity contribution in [3.8, 4) is 5.75 Å². The second-order valence-electron chi connectivity index (χ2n) is 4.07. The third-order valence-electron chi connectivity index (χ3n) is 2.91. The Balaban J connectivity index is 2.20. The van der Waals surface area contributed by atoms with Gasteiger partial charge in [-0.15, -0.1) is 0 Å². The summed E-state index contributed by atoms with van der Waals surface area (Å²) in [6.07, 6.45) is -0.696. The normalized spacial score (nSPS) is 11.9.